The minimum atomic E-state index is -0.139. The Balaban J connectivity index is 2.27. The van der Waals surface area contributed by atoms with E-state index in [4.69, 9.17) is 4.74 Å². The van der Waals surface area contributed by atoms with Crippen LogP contribution in [-0.4, -0.2) is 30.7 Å². The van der Waals surface area contributed by atoms with E-state index in [9.17, 15) is 4.79 Å². The molecular formula is C11H21NO2. The highest BCUT2D eigenvalue weighted by atomic mass is 16.6. The molecule has 0 bridgehead atoms. The van der Waals surface area contributed by atoms with E-state index >= 15 is 0 Å². The number of carbonyl (C=O) groups is 1. The third-order valence-corrected chi connectivity index (χ3v) is 2.24. The zero-order chi connectivity index (χ0) is 10.6. The lowest BCUT2D eigenvalue weighted by Crippen LogP contribution is -2.37. The number of piperidine rings is 1. The molecule has 3 nitrogen and oxygen atoms in total. The maximum absolute atomic E-state index is 11.5. The normalized spacial score (nSPS) is 18.1. The van der Waals surface area contributed by atoms with Crippen LogP contribution in [0.5, 0.6) is 0 Å². The molecule has 1 aliphatic rings. The summed E-state index contributed by atoms with van der Waals surface area (Å²) in [5.74, 6) is 0. The van der Waals surface area contributed by atoms with Crippen molar-refractivity contribution in [3.8, 4) is 0 Å². The van der Waals surface area contributed by atoms with Crippen molar-refractivity contribution in [2.45, 2.75) is 40.0 Å². The Hall–Kier alpha value is -0.730. The van der Waals surface area contributed by atoms with E-state index in [2.05, 4.69) is 20.8 Å². The molecule has 1 fully saturated rings. The van der Waals surface area contributed by atoms with Crippen molar-refractivity contribution in [3.05, 3.63) is 0 Å². The monoisotopic (exact) mass is 199 g/mol. The second-order valence-electron chi connectivity index (χ2n) is 5.16. The van der Waals surface area contributed by atoms with Gasteiger partial charge >= 0.3 is 6.09 Å². The van der Waals surface area contributed by atoms with Gasteiger partial charge in [-0.3, -0.25) is 0 Å². The predicted molar refractivity (Wildman–Crippen MR) is 56.2 cm³/mol. The van der Waals surface area contributed by atoms with Crippen molar-refractivity contribution in [1.29, 1.82) is 0 Å². The fourth-order valence-electron chi connectivity index (χ4n) is 1.45. The number of ether oxygens (including phenoxy) is 1. The Morgan fingerprint density at radius 2 is 1.79 bits per heavy atom. The molecule has 14 heavy (non-hydrogen) atoms. The zero-order valence-corrected chi connectivity index (χ0v) is 9.51. The van der Waals surface area contributed by atoms with Gasteiger partial charge in [0.05, 0.1) is 6.61 Å². The third kappa shape index (κ3) is 3.99. The summed E-state index contributed by atoms with van der Waals surface area (Å²) in [6.45, 7) is 8.43. The average molecular weight is 199 g/mol. The van der Waals surface area contributed by atoms with Crippen molar-refractivity contribution in [3.63, 3.8) is 0 Å². The fourth-order valence-corrected chi connectivity index (χ4v) is 1.45. The molecule has 0 saturated carbocycles. The molecule has 0 unspecified atom stereocenters. The van der Waals surface area contributed by atoms with Crippen LogP contribution in [0.25, 0.3) is 0 Å². The summed E-state index contributed by atoms with van der Waals surface area (Å²) in [7, 11) is 0. The van der Waals surface area contributed by atoms with Crippen LogP contribution in [0, 0.1) is 5.41 Å². The topological polar surface area (TPSA) is 29.5 Å². The number of nitrogens with zero attached hydrogens (tertiary/aromatic N) is 1. The van der Waals surface area contributed by atoms with Gasteiger partial charge < -0.3 is 9.64 Å². The van der Waals surface area contributed by atoms with Crippen molar-refractivity contribution >= 4 is 6.09 Å². The molecule has 0 aliphatic carbocycles. The number of amides is 1. The van der Waals surface area contributed by atoms with Crippen LogP contribution >= 0.6 is 0 Å². The largest absolute Gasteiger partial charge is 0.449 e. The highest BCUT2D eigenvalue weighted by molar-refractivity contribution is 5.67. The van der Waals surface area contributed by atoms with E-state index in [0.29, 0.717) is 6.61 Å². The highest BCUT2D eigenvalue weighted by Crippen LogP contribution is 2.15. The molecule has 0 spiro atoms. The third-order valence-electron chi connectivity index (χ3n) is 2.24. The van der Waals surface area contributed by atoms with Gasteiger partial charge in [0.2, 0.25) is 0 Å². The van der Waals surface area contributed by atoms with Crippen LogP contribution in [0.2, 0.25) is 0 Å². The van der Waals surface area contributed by atoms with Crippen molar-refractivity contribution in [2.75, 3.05) is 19.7 Å². The molecule has 1 saturated heterocycles. The van der Waals surface area contributed by atoms with E-state index in [1.165, 1.54) is 6.42 Å². The Labute approximate surface area is 86.4 Å². The van der Waals surface area contributed by atoms with Gasteiger partial charge in [-0.15, -0.1) is 0 Å². The molecule has 0 atom stereocenters. The summed E-state index contributed by atoms with van der Waals surface area (Å²) in [6.07, 6.45) is 3.33. The molecule has 1 aliphatic heterocycles. The average Bonchev–Trinajstić information content (AvgIpc) is 2.14. The van der Waals surface area contributed by atoms with Crippen LogP contribution in [0.3, 0.4) is 0 Å². The van der Waals surface area contributed by atoms with E-state index < -0.39 is 0 Å². The standard InChI is InChI=1S/C11H21NO2/c1-11(2,3)9-14-10(13)12-7-5-4-6-8-12/h4-9H2,1-3H3. The lowest BCUT2D eigenvalue weighted by Gasteiger charge is -2.27. The van der Waals surface area contributed by atoms with E-state index in [0.717, 1.165) is 25.9 Å². The molecule has 0 N–H and O–H groups in total. The van der Waals surface area contributed by atoms with Gasteiger partial charge in [0, 0.05) is 13.1 Å². The molecule has 0 aromatic heterocycles. The van der Waals surface area contributed by atoms with Crippen LogP contribution in [-0.2, 0) is 4.74 Å². The van der Waals surface area contributed by atoms with Crippen molar-refractivity contribution < 1.29 is 9.53 Å². The van der Waals surface area contributed by atoms with Gasteiger partial charge in [-0.05, 0) is 24.7 Å². The summed E-state index contributed by atoms with van der Waals surface area (Å²) in [6, 6.07) is 0. The first-order valence-corrected chi connectivity index (χ1v) is 5.41. The fraction of sp³-hybridized carbons (Fsp3) is 0.909. The minimum Gasteiger partial charge on any atom is -0.449 e. The molecule has 0 aromatic rings. The van der Waals surface area contributed by atoms with Crippen molar-refractivity contribution in [2.24, 2.45) is 5.41 Å². The maximum atomic E-state index is 11.5. The van der Waals surface area contributed by atoms with Gasteiger partial charge in [0.1, 0.15) is 0 Å². The summed E-state index contributed by atoms with van der Waals surface area (Å²) in [5, 5.41) is 0. The predicted octanol–water partition coefficient (Wildman–Crippen LogP) is 2.66. The van der Waals surface area contributed by atoms with E-state index in [1.54, 1.807) is 0 Å². The second-order valence-corrected chi connectivity index (χ2v) is 5.16. The number of rotatable bonds is 1. The summed E-state index contributed by atoms with van der Waals surface area (Å²) >= 11 is 0. The SMILES string of the molecule is CC(C)(C)COC(=O)N1CCCCC1. The Morgan fingerprint density at radius 3 is 2.29 bits per heavy atom. The highest BCUT2D eigenvalue weighted by Gasteiger charge is 2.20. The van der Waals surface area contributed by atoms with Crippen LogP contribution < -0.4 is 0 Å². The van der Waals surface area contributed by atoms with Crippen LogP contribution in [0.15, 0.2) is 0 Å². The number of likely N-dealkylation sites (tertiary alicyclic amines) is 1. The molecule has 1 heterocycles. The second kappa shape index (κ2) is 4.67. The molecule has 0 radical (unpaired) electrons. The number of hydrogen-bond acceptors (Lipinski definition) is 2. The molecule has 1 amide bonds. The summed E-state index contributed by atoms with van der Waals surface area (Å²) < 4.78 is 5.23. The van der Waals surface area contributed by atoms with Gasteiger partial charge in [-0.1, -0.05) is 20.8 Å². The van der Waals surface area contributed by atoms with Crippen molar-refractivity contribution in [1.82, 2.24) is 4.90 Å². The van der Waals surface area contributed by atoms with Gasteiger partial charge in [-0.25, -0.2) is 4.79 Å². The summed E-state index contributed by atoms with van der Waals surface area (Å²) in [5.41, 5.74) is 0.0610. The Morgan fingerprint density at radius 1 is 1.21 bits per heavy atom. The molecule has 1 rings (SSSR count). The maximum Gasteiger partial charge on any atom is 0.409 e. The van der Waals surface area contributed by atoms with Gasteiger partial charge in [0.25, 0.3) is 0 Å². The Kier molecular flexibility index (Phi) is 3.78. The lowest BCUT2D eigenvalue weighted by atomic mass is 9.99. The lowest BCUT2D eigenvalue weighted by molar-refractivity contribution is 0.0672. The molecule has 0 aromatic carbocycles. The van der Waals surface area contributed by atoms with Crippen LogP contribution in [0.4, 0.5) is 4.79 Å². The van der Waals surface area contributed by atoms with Gasteiger partial charge in [-0.2, -0.15) is 0 Å². The van der Waals surface area contributed by atoms with Crippen LogP contribution in [0.1, 0.15) is 40.0 Å². The first-order chi connectivity index (χ1) is 6.49. The first kappa shape index (κ1) is 11.3. The number of hydrogen-bond donors (Lipinski definition) is 0. The van der Waals surface area contributed by atoms with E-state index in [1.807, 2.05) is 4.90 Å². The Bertz CT molecular complexity index is 190. The quantitative estimate of drug-likeness (QED) is 0.649. The first-order valence-electron chi connectivity index (χ1n) is 5.41. The molecular weight excluding hydrogens is 178 g/mol. The van der Waals surface area contributed by atoms with E-state index in [-0.39, 0.29) is 11.5 Å². The summed E-state index contributed by atoms with van der Waals surface area (Å²) in [4.78, 5) is 13.4. The molecule has 3 heteroatoms. The number of carbonyl (C=O) groups excluding carboxylic acids is 1. The molecule has 82 valence electrons. The minimum absolute atomic E-state index is 0.0610. The smallest absolute Gasteiger partial charge is 0.409 e. The van der Waals surface area contributed by atoms with Gasteiger partial charge in [0.15, 0.2) is 0 Å². The zero-order valence-electron chi connectivity index (χ0n) is 9.51.